The molecule has 122 valence electrons. The predicted octanol–water partition coefficient (Wildman–Crippen LogP) is 2.88. The molecule has 7 nitrogen and oxygen atoms in total. The molecule has 3 aromatic rings. The smallest absolute Gasteiger partial charge is 0.397 e. The topological polar surface area (TPSA) is 98.6 Å². The van der Waals surface area contributed by atoms with E-state index in [-0.39, 0.29) is 0 Å². The molecule has 2 aromatic carbocycles. The van der Waals surface area contributed by atoms with Gasteiger partial charge in [0, 0.05) is 11.1 Å². The molecule has 0 spiro atoms. The highest BCUT2D eigenvalue weighted by Crippen LogP contribution is 2.22. The van der Waals surface area contributed by atoms with E-state index in [1.54, 1.807) is 7.11 Å². The van der Waals surface area contributed by atoms with Crippen LogP contribution in [0.5, 0.6) is 5.75 Å². The van der Waals surface area contributed by atoms with Gasteiger partial charge in [0.1, 0.15) is 5.75 Å². The van der Waals surface area contributed by atoms with E-state index in [0.29, 0.717) is 5.02 Å². The van der Waals surface area contributed by atoms with Gasteiger partial charge in [-0.25, -0.2) is 9.97 Å². The van der Waals surface area contributed by atoms with E-state index >= 15 is 0 Å². The zero-order chi connectivity index (χ0) is 17.0. The van der Waals surface area contributed by atoms with Gasteiger partial charge in [-0.1, -0.05) is 11.6 Å². The predicted molar refractivity (Wildman–Crippen MR) is 87.2 cm³/mol. The summed E-state index contributed by atoms with van der Waals surface area (Å²) in [6.07, 6.45) is 0. The van der Waals surface area contributed by atoms with Gasteiger partial charge in [-0.3, -0.25) is 8.74 Å². The van der Waals surface area contributed by atoms with Crippen LogP contribution in [0, 0.1) is 0 Å². The second kappa shape index (κ2) is 7.05. The summed E-state index contributed by atoms with van der Waals surface area (Å²) in [6.45, 7) is 0. The molecule has 3 rings (SSSR count). The molecule has 0 amide bonds. The molecule has 0 atom stereocenters. The standard InChI is InChI=1S/C13H9ClN2O.CH4O4S/c1-17-9-3-5-11-13(7-9)16-12-6-8(14)2-4-10(12)15-11;1-5-6(2,3)4/h2-7H,1H3;1H3,(H,2,3,4). The SMILES string of the molecule is COS(=O)(=O)O.COc1ccc2nc3ccc(Cl)cc3nc2c1. The van der Waals surface area contributed by atoms with E-state index in [2.05, 4.69) is 14.2 Å². The Hall–Kier alpha value is -2.00. The average Bonchev–Trinajstić information content (AvgIpc) is 2.52. The van der Waals surface area contributed by atoms with Crippen LogP contribution in [0.3, 0.4) is 0 Å². The summed E-state index contributed by atoms with van der Waals surface area (Å²) >= 11 is 5.94. The van der Waals surface area contributed by atoms with Gasteiger partial charge in [-0.2, -0.15) is 8.42 Å². The number of hydrogen-bond donors (Lipinski definition) is 1. The first-order chi connectivity index (χ1) is 10.8. The third-order valence-corrected chi connectivity index (χ3v) is 3.47. The number of hydrogen-bond acceptors (Lipinski definition) is 6. The van der Waals surface area contributed by atoms with Crippen molar-refractivity contribution in [2.45, 2.75) is 0 Å². The molecule has 0 radical (unpaired) electrons. The minimum Gasteiger partial charge on any atom is -0.497 e. The summed E-state index contributed by atoms with van der Waals surface area (Å²) in [4.78, 5) is 9.04. The van der Waals surface area contributed by atoms with Gasteiger partial charge in [0.2, 0.25) is 0 Å². The van der Waals surface area contributed by atoms with Crippen molar-refractivity contribution >= 4 is 44.1 Å². The van der Waals surface area contributed by atoms with Crippen molar-refractivity contribution in [3.63, 3.8) is 0 Å². The lowest BCUT2D eigenvalue weighted by Crippen LogP contribution is -1.96. The van der Waals surface area contributed by atoms with Gasteiger partial charge in [0.05, 0.1) is 36.3 Å². The molecule has 0 aliphatic rings. The van der Waals surface area contributed by atoms with Crippen LogP contribution in [-0.4, -0.2) is 37.2 Å². The molecule has 0 fully saturated rings. The Bertz CT molecular complexity index is 946. The highest BCUT2D eigenvalue weighted by atomic mass is 35.5. The molecule has 0 unspecified atom stereocenters. The normalized spacial score (nSPS) is 11.1. The van der Waals surface area contributed by atoms with E-state index in [9.17, 15) is 8.42 Å². The maximum absolute atomic E-state index is 9.33. The highest BCUT2D eigenvalue weighted by molar-refractivity contribution is 7.80. The first-order valence-corrected chi connectivity index (χ1v) is 8.01. The number of aromatic nitrogens is 2. The summed E-state index contributed by atoms with van der Waals surface area (Å²) in [6, 6.07) is 11.1. The van der Waals surface area contributed by atoms with Crippen molar-refractivity contribution < 1.29 is 21.9 Å². The quantitative estimate of drug-likeness (QED) is 0.556. The maximum atomic E-state index is 9.33. The fourth-order valence-corrected chi connectivity index (χ4v) is 1.92. The third-order valence-electron chi connectivity index (χ3n) is 2.81. The number of halogens is 1. The van der Waals surface area contributed by atoms with Crippen LogP contribution >= 0.6 is 11.6 Å². The maximum Gasteiger partial charge on any atom is 0.397 e. The lowest BCUT2D eigenvalue weighted by Gasteiger charge is -2.03. The van der Waals surface area contributed by atoms with Gasteiger partial charge in [-0.15, -0.1) is 0 Å². The van der Waals surface area contributed by atoms with E-state index in [0.717, 1.165) is 34.9 Å². The summed E-state index contributed by atoms with van der Waals surface area (Å²) in [7, 11) is -1.66. The second-order valence-electron chi connectivity index (χ2n) is 4.31. The van der Waals surface area contributed by atoms with Crippen LogP contribution in [0.15, 0.2) is 36.4 Å². The fourth-order valence-electron chi connectivity index (χ4n) is 1.75. The first-order valence-electron chi connectivity index (χ1n) is 6.26. The first kappa shape index (κ1) is 17.4. The second-order valence-corrected chi connectivity index (χ2v) is 5.93. The molecule has 1 N–H and O–H groups in total. The van der Waals surface area contributed by atoms with Gasteiger partial charge in [0.25, 0.3) is 0 Å². The van der Waals surface area contributed by atoms with Crippen LogP contribution in [0.4, 0.5) is 0 Å². The van der Waals surface area contributed by atoms with Crippen molar-refractivity contribution in [2.75, 3.05) is 14.2 Å². The molecule has 0 aliphatic carbocycles. The number of fused-ring (bicyclic) bond motifs is 2. The van der Waals surface area contributed by atoms with Crippen LogP contribution in [0.1, 0.15) is 0 Å². The van der Waals surface area contributed by atoms with E-state index in [1.807, 2.05) is 36.4 Å². The van der Waals surface area contributed by atoms with Crippen LogP contribution in [0.25, 0.3) is 22.1 Å². The van der Waals surface area contributed by atoms with Crippen molar-refractivity contribution in [2.24, 2.45) is 0 Å². The number of benzene rings is 2. The zero-order valence-corrected chi connectivity index (χ0v) is 13.8. The molecule has 23 heavy (non-hydrogen) atoms. The summed E-state index contributed by atoms with van der Waals surface area (Å²) in [5, 5.41) is 0.661. The van der Waals surface area contributed by atoms with Crippen LogP contribution in [-0.2, 0) is 14.6 Å². The number of rotatable bonds is 2. The van der Waals surface area contributed by atoms with Crippen molar-refractivity contribution in [1.29, 1.82) is 0 Å². The number of nitrogens with zero attached hydrogens (tertiary/aromatic N) is 2. The molecule has 0 saturated heterocycles. The lowest BCUT2D eigenvalue weighted by molar-refractivity contribution is 0.324. The monoisotopic (exact) mass is 356 g/mol. The molecule has 0 aliphatic heterocycles. The summed E-state index contributed by atoms with van der Waals surface area (Å²) < 4.78 is 34.9. The summed E-state index contributed by atoms with van der Waals surface area (Å²) in [5.74, 6) is 0.771. The largest absolute Gasteiger partial charge is 0.497 e. The Balaban J connectivity index is 0.000000277. The van der Waals surface area contributed by atoms with Gasteiger partial charge < -0.3 is 4.74 Å². The van der Waals surface area contributed by atoms with E-state index in [1.165, 1.54) is 0 Å². The Morgan fingerprint density at radius 2 is 1.48 bits per heavy atom. The lowest BCUT2D eigenvalue weighted by atomic mass is 10.2. The molecule has 1 heterocycles. The molecule has 0 bridgehead atoms. The molecule has 1 aromatic heterocycles. The van der Waals surface area contributed by atoms with E-state index < -0.39 is 10.4 Å². The molecule has 0 saturated carbocycles. The van der Waals surface area contributed by atoms with Crippen molar-refractivity contribution in [1.82, 2.24) is 9.97 Å². The molecule has 9 heteroatoms. The zero-order valence-electron chi connectivity index (χ0n) is 12.2. The van der Waals surface area contributed by atoms with Crippen molar-refractivity contribution in [3.8, 4) is 5.75 Å². The molecular weight excluding hydrogens is 344 g/mol. The number of ether oxygens (including phenoxy) is 1. The minimum atomic E-state index is -4.16. The molecular formula is C14H13ClN2O5S. The van der Waals surface area contributed by atoms with Crippen LogP contribution in [0.2, 0.25) is 5.02 Å². The number of methoxy groups -OCH3 is 1. The van der Waals surface area contributed by atoms with Gasteiger partial charge >= 0.3 is 10.4 Å². The Kier molecular flexibility index (Phi) is 5.32. The minimum absolute atomic E-state index is 0.661. The highest BCUT2D eigenvalue weighted by Gasteiger charge is 2.03. The average molecular weight is 357 g/mol. The van der Waals surface area contributed by atoms with Gasteiger partial charge in [-0.05, 0) is 30.3 Å². The third kappa shape index (κ3) is 4.73. The van der Waals surface area contributed by atoms with Crippen molar-refractivity contribution in [3.05, 3.63) is 41.4 Å². The Morgan fingerprint density at radius 1 is 0.957 bits per heavy atom. The summed E-state index contributed by atoms with van der Waals surface area (Å²) in [5.41, 5.74) is 3.28. The fraction of sp³-hybridized carbons (Fsp3) is 0.143. The van der Waals surface area contributed by atoms with Gasteiger partial charge in [0.15, 0.2) is 0 Å². The van der Waals surface area contributed by atoms with Crippen LogP contribution < -0.4 is 4.74 Å². The van der Waals surface area contributed by atoms with E-state index in [4.69, 9.17) is 20.9 Å². The Morgan fingerprint density at radius 3 is 2.04 bits per heavy atom. The Labute approximate surface area is 137 Å².